The zero-order valence-corrected chi connectivity index (χ0v) is 12.3. The van der Waals surface area contributed by atoms with Gasteiger partial charge in [-0.05, 0) is 25.7 Å². The summed E-state index contributed by atoms with van der Waals surface area (Å²) in [6.45, 7) is 6.39. The molecule has 0 saturated carbocycles. The fourth-order valence-electron chi connectivity index (χ4n) is 1.72. The van der Waals surface area contributed by atoms with Crippen molar-refractivity contribution in [2.24, 2.45) is 0 Å². The van der Waals surface area contributed by atoms with Gasteiger partial charge in [0, 0.05) is 26.1 Å². The first-order valence-electron chi connectivity index (χ1n) is 7.36. The quantitative estimate of drug-likeness (QED) is 0.568. The molecule has 0 aliphatic heterocycles. The van der Waals surface area contributed by atoms with Gasteiger partial charge in [-0.15, -0.1) is 0 Å². The number of nitrogens with zero attached hydrogens (tertiary/aromatic N) is 1. The number of urea groups is 1. The van der Waals surface area contributed by atoms with E-state index in [1.54, 1.807) is 0 Å². The van der Waals surface area contributed by atoms with Gasteiger partial charge in [0.1, 0.15) is 0 Å². The van der Waals surface area contributed by atoms with E-state index in [4.69, 9.17) is 5.11 Å². The number of carboxylic acids is 1. The van der Waals surface area contributed by atoms with Crippen LogP contribution < -0.4 is 5.32 Å². The highest BCUT2D eigenvalue weighted by atomic mass is 16.4. The summed E-state index contributed by atoms with van der Waals surface area (Å²) in [4.78, 5) is 24.2. The average Bonchev–Trinajstić information content (AvgIpc) is 2.38. The normalized spacial score (nSPS) is 10.2. The van der Waals surface area contributed by atoms with Crippen molar-refractivity contribution in [2.45, 2.75) is 58.8 Å². The molecule has 5 nitrogen and oxygen atoms in total. The van der Waals surface area contributed by atoms with Gasteiger partial charge in [-0.2, -0.15) is 0 Å². The molecule has 0 rings (SSSR count). The number of hydrogen-bond acceptors (Lipinski definition) is 2. The zero-order valence-electron chi connectivity index (χ0n) is 12.3. The third kappa shape index (κ3) is 10.4. The number of rotatable bonds is 11. The van der Waals surface area contributed by atoms with Crippen LogP contribution in [0.1, 0.15) is 58.8 Å². The molecule has 0 unspecified atom stereocenters. The molecule has 0 heterocycles. The van der Waals surface area contributed by atoms with Crippen molar-refractivity contribution in [3.05, 3.63) is 0 Å². The van der Waals surface area contributed by atoms with E-state index < -0.39 is 5.97 Å². The Labute approximate surface area is 116 Å². The van der Waals surface area contributed by atoms with Gasteiger partial charge in [-0.1, -0.05) is 26.7 Å². The lowest BCUT2D eigenvalue weighted by atomic mass is 10.2. The summed E-state index contributed by atoms with van der Waals surface area (Å²) >= 11 is 0. The third-order valence-corrected chi connectivity index (χ3v) is 2.94. The molecular weight excluding hydrogens is 244 g/mol. The lowest BCUT2D eigenvalue weighted by Gasteiger charge is -2.22. The average molecular weight is 272 g/mol. The SMILES string of the molecule is CCCCN(CCCC)C(=O)NCCCCC(=O)O. The second-order valence-corrected chi connectivity index (χ2v) is 4.78. The van der Waals surface area contributed by atoms with Crippen molar-refractivity contribution in [3.63, 3.8) is 0 Å². The van der Waals surface area contributed by atoms with E-state index in [2.05, 4.69) is 19.2 Å². The molecule has 112 valence electrons. The predicted molar refractivity (Wildman–Crippen MR) is 76.3 cm³/mol. The molecule has 0 atom stereocenters. The van der Waals surface area contributed by atoms with Gasteiger partial charge in [0.2, 0.25) is 0 Å². The van der Waals surface area contributed by atoms with Crippen LogP contribution in [0.2, 0.25) is 0 Å². The van der Waals surface area contributed by atoms with Crippen LogP contribution in [0.25, 0.3) is 0 Å². The highest BCUT2D eigenvalue weighted by molar-refractivity contribution is 5.74. The Balaban J connectivity index is 3.85. The largest absolute Gasteiger partial charge is 0.481 e. The molecule has 0 bridgehead atoms. The molecule has 19 heavy (non-hydrogen) atoms. The highest BCUT2D eigenvalue weighted by Gasteiger charge is 2.11. The molecule has 2 N–H and O–H groups in total. The fraction of sp³-hybridized carbons (Fsp3) is 0.857. The molecule has 0 aliphatic carbocycles. The number of carbonyl (C=O) groups excluding carboxylic acids is 1. The Morgan fingerprint density at radius 2 is 1.58 bits per heavy atom. The number of hydrogen-bond donors (Lipinski definition) is 2. The van der Waals surface area contributed by atoms with Gasteiger partial charge in [-0.3, -0.25) is 4.79 Å². The van der Waals surface area contributed by atoms with Crippen LogP contribution in [-0.4, -0.2) is 41.6 Å². The number of unbranched alkanes of at least 4 members (excludes halogenated alkanes) is 3. The summed E-state index contributed by atoms with van der Waals surface area (Å²) in [6.07, 6.45) is 5.70. The molecule has 0 aromatic rings. The first-order chi connectivity index (χ1) is 9.11. The van der Waals surface area contributed by atoms with Crippen molar-refractivity contribution in [3.8, 4) is 0 Å². The lowest BCUT2D eigenvalue weighted by molar-refractivity contribution is -0.137. The molecule has 0 aliphatic rings. The maximum absolute atomic E-state index is 12.0. The fourth-order valence-corrected chi connectivity index (χ4v) is 1.72. The summed E-state index contributed by atoms with van der Waals surface area (Å²) in [5.74, 6) is -0.779. The minimum Gasteiger partial charge on any atom is -0.481 e. The van der Waals surface area contributed by atoms with Crippen LogP contribution in [0.5, 0.6) is 0 Å². The van der Waals surface area contributed by atoms with Gasteiger partial charge < -0.3 is 15.3 Å². The monoisotopic (exact) mass is 272 g/mol. The van der Waals surface area contributed by atoms with E-state index in [9.17, 15) is 9.59 Å². The topological polar surface area (TPSA) is 69.6 Å². The second-order valence-electron chi connectivity index (χ2n) is 4.78. The summed E-state index contributed by atoms with van der Waals surface area (Å²) in [5.41, 5.74) is 0. The van der Waals surface area contributed by atoms with Crippen LogP contribution in [0.3, 0.4) is 0 Å². The van der Waals surface area contributed by atoms with Gasteiger partial charge in [0.15, 0.2) is 0 Å². The van der Waals surface area contributed by atoms with E-state index in [0.29, 0.717) is 19.4 Å². The van der Waals surface area contributed by atoms with Crippen LogP contribution in [0, 0.1) is 0 Å². The molecule has 0 saturated heterocycles. The van der Waals surface area contributed by atoms with Crippen molar-refractivity contribution in [1.29, 1.82) is 0 Å². The smallest absolute Gasteiger partial charge is 0.317 e. The Morgan fingerprint density at radius 3 is 2.05 bits per heavy atom. The lowest BCUT2D eigenvalue weighted by Crippen LogP contribution is -2.41. The Hall–Kier alpha value is -1.26. The highest BCUT2D eigenvalue weighted by Crippen LogP contribution is 2.00. The van der Waals surface area contributed by atoms with E-state index in [1.165, 1.54) is 0 Å². The summed E-state index contributed by atoms with van der Waals surface area (Å²) in [7, 11) is 0. The van der Waals surface area contributed by atoms with Crippen molar-refractivity contribution >= 4 is 12.0 Å². The second kappa shape index (κ2) is 11.8. The maximum Gasteiger partial charge on any atom is 0.317 e. The Morgan fingerprint density at radius 1 is 1.00 bits per heavy atom. The van der Waals surface area contributed by atoms with Gasteiger partial charge >= 0.3 is 12.0 Å². The van der Waals surface area contributed by atoms with Crippen molar-refractivity contribution in [1.82, 2.24) is 10.2 Å². The molecule has 0 aromatic heterocycles. The van der Waals surface area contributed by atoms with E-state index in [-0.39, 0.29) is 12.5 Å². The molecular formula is C14H28N2O3. The molecule has 0 spiro atoms. The number of carboxylic acid groups (broad SMARTS) is 1. The zero-order chi connectivity index (χ0) is 14.5. The molecule has 2 amide bonds. The van der Waals surface area contributed by atoms with Crippen LogP contribution in [-0.2, 0) is 4.79 Å². The van der Waals surface area contributed by atoms with Gasteiger partial charge in [0.05, 0.1) is 0 Å². The van der Waals surface area contributed by atoms with Crippen LogP contribution in [0.4, 0.5) is 4.79 Å². The van der Waals surface area contributed by atoms with E-state index in [0.717, 1.165) is 38.8 Å². The number of amides is 2. The molecule has 5 heteroatoms. The van der Waals surface area contributed by atoms with Crippen molar-refractivity contribution < 1.29 is 14.7 Å². The third-order valence-electron chi connectivity index (χ3n) is 2.94. The Kier molecular flexibility index (Phi) is 11.0. The molecule has 0 radical (unpaired) electrons. The summed E-state index contributed by atoms with van der Waals surface area (Å²) < 4.78 is 0. The van der Waals surface area contributed by atoms with E-state index >= 15 is 0 Å². The van der Waals surface area contributed by atoms with Crippen LogP contribution >= 0.6 is 0 Å². The minimum atomic E-state index is -0.779. The molecule has 0 aromatic carbocycles. The van der Waals surface area contributed by atoms with Gasteiger partial charge in [-0.25, -0.2) is 4.79 Å². The molecule has 0 fully saturated rings. The van der Waals surface area contributed by atoms with Gasteiger partial charge in [0.25, 0.3) is 0 Å². The van der Waals surface area contributed by atoms with Crippen LogP contribution in [0.15, 0.2) is 0 Å². The minimum absolute atomic E-state index is 0.0165. The predicted octanol–water partition coefficient (Wildman–Crippen LogP) is 2.85. The standard InChI is InChI=1S/C14H28N2O3/c1-3-5-11-16(12-6-4-2)14(19)15-10-8-7-9-13(17)18/h3-12H2,1-2H3,(H,15,19)(H,17,18). The number of aliphatic carboxylic acids is 1. The summed E-state index contributed by atoms with van der Waals surface area (Å²) in [5, 5.41) is 11.4. The Bertz CT molecular complexity index is 249. The van der Waals surface area contributed by atoms with E-state index in [1.807, 2.05) is 4.90 Å². The first-order valence-corrected chi connectivity index (χ1v) is 7.36. The summed E-state index contributed by atoms with van der Waals surface area (Å²) in [6, 6.07) is -0.0165. The first kappa shape index (κ1) is 17.7. The maximum atomic E-state index is 12.0. The number of carbonyl (C=O) groups is 2. The van der Waals surface area contributed by atoms with Crippen molar-refractivity contribution in [2.75, 3.05) is 19.6 Å². The number of nitrogens with one attached hydrogen (secondary N) is 1.